The molecule has 6 heteroatoms. The van der Waals surface area contributed by atoms with E-state index in [-0.39, 0.29) is 11.1 Å². The van der Waals surface area contributed by atoms with Crippen LogP contribution in [-0.2, 0) is 16.1 Å². The van der Waals surface area contributed by atoms with Gasteiger partial charge in [-0.15, -0.1) is 0 Å². The van der Waals surface area contributed by atoms with Crippen molar-refractivity contribution in [2.24, 2.45) is 5.92 Å². The Morgan fingerprint density at radius 2 is 1.97 bits per heavy atom. The minimum atomic E-state index is -0.833. The summed E-state index contributed by atoms with van der Waals surface area (Å²) in [5, 5.41) is 9.69. The molecule has 1 aromatic heterocycles. The number of hydrogen-bond donors (Lipinski definition) is 0. The molecule has 29 heavy (non-hydrogen) atoms. The molecule has 0 unspecified atom stereocenters. The van der Waals surface area contributed by atoms with E-state index in [9.17, 15) is 14.9 Å². The van der Waals surface area contributed by atoms with Gasteiger partial charge in [0.05, 0.1) is 5.02 Å². The van der Waals surface area contributed by atoms with Crippen molar-refractivity contribution in [3.63, 3.8) is 0 Å². The van der Waals surface area contributed by atoms with Crippen molar-refractivity contribution < 1.29 is 14.3 Å². The molecular formula is C23H25ClN2O3. The molecule has 152 valence electrons. The molecule has 0 saturated carbocycles. The van der Waals surface area contributed by atoms with Gasteiger partial charge < -0.3 is 9.30 Å². The maximum atomic E-state index is 12.3. The second kappa shape index (κ2) is 10.1. The number of aromatic nitrogens is 1. The Morgan fingerprint density at radius 1 is 1.28 bits per heavy atom. The van der Waals surface area contributed by atoms with E-state index in [0.29, 0.717) is 10.9 Å². The van der Waals surface area contributed by atoms with Crippen molar-refractivity contribution in [2.75, 3.05) is 6.61 Å². The van der Waals surface area contributed by atoms with E-state index in [4.69, 9.17) is 16.3 Å². The van der Waals surface area contributed by atoms with Gasteiger partial charge in [0.25, 0.3) is 0 Å². The Balaban J connectivity index is 2.12. The number of ether oxygens (including phenoxy) is 1. The molecule has 0 spiro atoms. The van der Waals surface area contributed by atoms with Crippen LogP contribution in [0.25, 0.3) is 6.08 Å². The standard InChI is InChI=1S/C23H25ClN2O3/c1-15(2)9-10-26-16(3)11-18(17(26)4)12-19(13-25)23(28)29-14-22(27)20-7-5-6-8-21(20)24/h5-8,11-12,15H,9-10,14H2,1-4H3/b19-12-. The van der Waals surface area contributed by atoms with Crippen LogP contribution in [0, 0.1) is 31.1 Å². The average molecular weight is 413 g/mol. The molecule has 0 radical (unpaired) electrons. The number of benzene rings is 1. The molecule has 0 aliphatic heterocycles. The first-order chi connectivity index (χ1) is 13.7. The van der Waals surface area contributed by atoms with E-state index in [1.807, 2.05) is 26.0 Å². The van der Waals surface area contributed by atoms with Crippen molar-refractivity contribution in [1.82, 2.24) is 4.57 Å². The zero-order valence-corrected chi connectivity index (χ0v) is 17.9. The van der Waals surface area contributed by atoms with Crippen LogP contribution < -0.4 is 0 Å². The summed E-state index contributed by atoms with van der Waals surface area (Å²) in [4.78, 5) is 24.5. The number of halogens is 1. The van der Waals surface area contributed by atoms with Crippen molar-refractivity contribution in [3.8, 4) is 6.07 Å². The number of hydrogen-bond acceptors (Lipinski definition) is 4. The van der Waals surface area contributed by atoms with Crippen LogP contribution >= 0.6 is 11.6 Å². The van der Waals surface area contributed by atoms with E-state index >= 15 is 0 Å². The molecule has 0 saturated heterocycles. The fourth-order valence-electron chi connectivity index (χ4n) is 2.97. The molecule has 0 N–H and O–H groups in total. The summed E-state index contributed by atoms with van der Waals surface area (Å²) in [6.45, 7) is 8.69. The second-order valence-electron chi connectivity index (χ2n) is 7.31. The number of Topliss-reactive ketones (excluding diaryl/α,β-unsaturated/α-hetero) is 1. The van der Waals surface area contributed by atoms with Gasteiger partial charge in [0.1, 0.15) is 11.6 Å². The topological polar surface area (TPSA) is 72.1 Å². The lowest BCUT2D eigenvalue weighted by Gasteiger charge is -2.11. The number of carbonyl (C=O) groups is 2. The second-order valence-corrected chi connectivity index (χ2v) is 7.72. The predicted molar refractivity (Wildman–Crippen MR) is 114 cm³/mol. The van der Waals surface area contributed by atoms with Crippen molar-refractivity contribution in [1.29, 1.82) is 5.26 Å². The summed E-state index contributed by atoms with van der Waals surface area (Å²) in [5.41, 5.74) is 2.96. The number of rotatable bonds is 8. The van der Waals surface area contributed by atoms with Crippen molar-refractivity contribution in [3.05, 3.63) is 63.4 Å². The lowest BCUT2D eigenvalue weighted by Crippen LogP contribution is -2.15. The first-order valence-corrected chi connectivity index (χ1v) is 9.85. The van der Waals surface area contributed by atoms with Crippen LogP contribution in [0.4, 0.5) is 0 Å². The third-order valence-electron chi connectivity index (χ3n) is 4.69. The Bertz CT molecular complexity index is 980. The van der Waals surface area contributed by atoms with Gasteiger partial charge in [-0.05, 0) is 56.0 Å². The van der Waals surface area contributed by atoms with Crippen LogP contribution in [-0.4, -0.2) is 22.9 Å². The number of esters is 1. The molecule has 5 nitrogen and oxygen atoms in total. The Labute approximate surface area is 176 Å². The highest BCUT2D eigenvalue weighted by molar-refractivity contribution is 6.34. The quantitative estimate of drug-likeness (QED) is 0.260. The normalized spacial score (nSPS) is 11.4. The zero-order chi connectivity index (χ0) is 21.6. The molecule has 0 amide bonds. The zero-order valence-electron chi connectivity index (χ0n) is 17.2. The maximum absolute atomic E-state index is 12.3. The molecule has 2 aromatic rings. The molecule has 1 aromatic carbocycles. The van der Waals surface area contributed by atoms with Crippen molar-refractivity contribution >= 4 is 29.4 Å². The smallest absolute Gasteiger partial charge is 0.349 e. The van der Waals surface area contributed by atoms with Crippen LogP contribution in [0.15, 0.2) is 35.9 Å². The summed E-state index contributed by atoms with van der Waals surface area (Å²) in [7, 11) is 0. The Hall–Kier alpha value is -2.84. The van der Waals surface area contributed by atoms with E-state index in [1.54, 1.807) is 24.3 Å². The van der Waals surface area contributed by atoms with E-state index in [1.165, 1.54) is 6.08 Å². The Morgan fingerprint density at radius 3 is 2.59 bits per heavy atom. The first kappa shape index (κ1) is 22.4. The molecular weight excluding hydrogens is 388 g/mol. The third-order valence-corrected chi connectivity index (χ3v) is 5.02. The van der Waals surface area contributed by atoms with Gasteiger partial charge in [-0.25, -0.2) is 4.79 Å². The first-order valence-electron chi connectivity index (χ1n) is 9.48. The third kappa shape index (κ3) is 5.82. The van der Waals surface area contributed by atoms with Gasteiger partial charge in [-0.3, -0.25) is 4.79 Å². The summed E-state index contributed by atoms with van der Waals surface area (Å²) >= 11 is 5.98. The molecule has 0 atom stereocenters. The van der Waals surface area contributed by atoms with E-state index in [0.717, 1.165) is 29.9 Å². The molecule has 0 aliphatic carbocycles. The average Bonchev–Trinajstić information content (AvgIpc) is 2.95. The van der Waals surface area contributed by atoms with Gasteiger partial charge in [0, 0.05) is 23.5 Å². The van der Waals surface area contributed by atoms with Gasteiger partial charge in [0.15, 0.2) is 6.61 Å². The fraction of sp³-hybridized carbons (Fsp3) is 0.348. The largest absolute Gasteiger partial charge is 0.453 e. The van der Waals surface area contributed by atoms with Gasteiger partial charge in [-0.2, -0.15) is 5.26 Å². The molecule has 0 aliphatic rings. The molecule has 2 rings (SSSR count). The highest BCUT2D eigenvalue weighted by atomic mass is 35.5. The highest BCUT2D eigenvalue weighted by Gasteiger charge is 2.17. The number of nitriles is 1. The SMILES string of the molecule is Cc1cc(/C=C(/C#N)C(=O)OCC(=O)c2ccccc2Cl)c(C)n1CCC(C)C. The number of nitrogens with zero attached hydrogens (tertiary/aromatic N) is 2. The summed E-state index contributed by atoms with van der Waals surface area (Å²) in [5.74, 6) is -0.677. The van der Waals surface area contributed by atoms with Gasteiger partial charge in [-0.1, -0.05) is 37.6 Å². The molecule has 1 heterocycles. The van der Waals surface area contributed by atoms with E-state index < -0.39 is 18.4 Å². The number of aryl methyl sites for hydroxylation is 1. The van der Waals surface area contributed by atoms with Crippen LogP contribution in [0.3, 0.4) is 0 Å². The van der Waals surface area contributed by atoms with Gasteiger partial charge in [0.2, 0.25) is 5.78 Å². The van der Waals surface area contributed by atoms with Crippen LogP contribution in [0.2, 0.25) is 5.02 Å². The van der Waals surface area contributed by atoms with Gasteiger partial charge >= 0.3 is 5.97 Å². The summed E-state index contributed by atoms with van der Waals surface area (Å²) in [6, 6.07) is 10.3. The molecule has 0 bridgehead atoms. The monoisotopic (exact) mass is 412 g/mol. The minimum absolute atomic E-state index is 0.152. The maximum Gasteiger partial charge on any atom is 0.349 e. The van der Waals surface area contributed by atoms with Crippen LogP contribution in [0.1, 0.15) is 47.6 Å². The fourth-order valence-corrected chi connectivity index (χ4v) is 3.21. The lowest BCUT2D eigenvalue weighted by molar-refractivity contribution is -0.137. The highest BCUT2D eigenvalue weighted by Crippen LogP contribution is 2.20. The minimum Gasteiger partial charge on any atom is -0.453 e. The lowest BCUT2D eigenvalue weighted by atomic mass is 10.1. The summed E-state index contributed by atoms with van der Waals surface area (Å²) in [6.07, 6.45) is 2.55. The van der Waals surface area contributed by atoms with E-state index in [2.05, 4.69) is 18.4 Å². The number of ketones is 1. The predicted octanol–water partition coefficient (Wildman–Crippen LogP) is 5.14. The summed E-state index contributed by atoms with van der Waals surface area (Å²) < 4.78 is 7.22. The Kier molecular flexibility index (Phi) is 7.81. The number of carbonyl (C=O) groups excluding carboxylic acids is 2. The van der Waals surface area contributed by atoms with Crippen LogP contribution in [0.5, 0.6) is 0 Å². The molecule has 0 fully saturated rings. The van der Waals surface area contributed by atoms with Crippen molar-refractivity contribution in [2.45, 2.75) is 40.7 Å².